The van der Waals surface area contributed by atoms with Crippen LogP contribution in [0, 0.1) is 0 Å². The maximum absolute atomic E-state index is 11.7. The van der Waals surface area contributed by atoms with Gasteiger partial charge in [0.25, 0.3) is 0 Å². The minimum absolute atomic E-state index is 0.214. The number of rotatable bonds is 1. The van der Waals surface area contributed by atoms with Crippen LogP contribution < -0.4 is 0 Å². The molecular weight excluding hydrogens is 136 g/mol. The maximum atomic E-state index is 11.7. The Bertz CT molecular complexity index is 152. The molecule has 0 unspecified atom stereocenters. The van der Waals surface area contributed by atoms with Crippen LogP contribution in [0.2, 0.25) is 0 Å². The first kappa shape index (κ1) is 8.20. The molecule has 0 rings (SSSR count). The van der Waals surface area contributed by atoms with Crippen molar-refractivity contribution in [3.05, 3.63) is 23.8 Å². The summed E-state index contributed by atoms with van der Waals surface area (Å²) in [6.07, 6.45) is -2.71. The van der Waals surface area contributed by atoms with Gasteiger partial charge in [-0.1, -0.05) is 0 Å². The predicted molar refractivity (Wildman–Crippen MR) is 25.2 cm³/mol. The Balaban J connectivity index is 4.40. The zero-order valence-electron chi connectivity index (χ0n) is 4.59. The third-order valence-corrected chi connectivity index (χ3v) is 0.676. The third kappa shape index (κ3) is 2.30. The quantitative estimate of drug-likeness (QED) is 0.388. The lowest BCUT2D eigenvalue weighted by atomic mass is 10.3. The van der Waals surface area contributed by atoms with Gasteiger partial charge in [-0.25, -0.2) is 8.78 Å². The van der Waals surface area contributed by atoms with Gasteiger partial charge in [-0.3, -0.25) is 0 Å². The monoisotopic (exact) mass is 140 g/mol. The van der Waals surface area contributed by atoms with E-state index in [0.29, 0.717) is 0 Å². The molecule has 0 amide bonds. The fraction of sp³-hybridized carbons (Fsp3) is 0.200. The van der Waals surface area contributed by atoms with E-state index < -0.39 is 17.5 Å². The molecule has 0 N–H and O–H groups in total. The third-order valence-electron chi connectivity index (χ3n) is 0.676. The fourth-order valence-electron chi connectivity index (χ4n) is 0.197. The van der Waals surface area contributed by atoms with Crippen molar-refractivity contribution in [3.8, 4) is 0 Å². The molecule has 9 heavy (non-hydrogen) atoms. The molecule has 52 valence electrons. The minimum atomic E-state index is -2.50. The molecule has 0 spiro atoms. The van der Waals surface area contributed by atoms with Gasteiger partial charge in [-0.05, 0) is 6.92 Å². The average Bonchev–Trinajstić information content (AvgIpc) is 1.84. The zero-order valence-corrected chi connectivity index (χ0v) is 4.59. The molecule has 0 aromatic heterocycles. The number of halogens is 4. The van der Waals surface area contributed by atoms with Crippen LogP contribution in [0.15, 0.2) is 23.8 Å². The van der Waals surface area contributed by atoms with E-state index in [1.165, 1.54) is 0 Å². The van der Waals surface area contributed by atoms with Gasteiger partial charge in [-0.15, -0.1) is 0 Å². The van der Waals surface area contributed by atoms with E-state index in [1.807, 2.05) is 0 Å². The molecule has 0 radical (unpaired) electrons. The van der Waals surface area contributed by atoms with Gasteiger partial charge in [-0.2, -0.15) is 8.78 Å². The van der Waals surface area contributed by atoms with Gasteiger partial charge in [0.15, 0.2) is 5.83 Å². The molecule has 0 aliphatic heterocycles. The van der Waals surface area contributed by atoms with Crippen LogP contribution in [-0.4, -0.2) is 0 Å². The van der Waals surface area contributed by atoms with Crippen molar-refractivity contribution in [2.45, 2.75) is 6.92 Å². The second-order valence-electron chi connectivity index (χ2n) is 1.37. The van der Waals surface area contributed by atoms with E-state index in [1.54, 1.807) is 0 Å². The Morgan fingerprint density at radius 3 is 1.78 bits per heavy atom. The summed E-state index contributed by atoms with van der Waals surface area (Å²) in [5.74, 6) is -1.79. The highest BCUT2D eigenvalue weighted by Crippen LogP contribution is 2.17. The van der Waals surface area contributed by atoms with Crippen LogP contribution >= 0.6 is 0 Å². The van der Waals surface area contributed by atoms with Crippen molar-refractivity contribution < 1.29 is 17.6 Å². The van der Waals surface area contributed by atoms with Crippen LogP contribution in [0.1, 0.15) is 6.92 Å². The summed E-state index contributed by atoms with van der Waals surface area (Å²) in [4.78, 5) is 0. The number of hydrogen-bond donors (Lipinski definition) is 0. The Morgan fingerprint density at radius 2 is 1.67 bits per heavy atom. The lowest BCUT2D eigenvalue weighted by molar-refractivity contribution is 0.383. The van der Waals surface area contributed by atoms with Crippen LogP contribution in [0.5, 0.6) is 0 Å². The van der Waals surface area contributed by atoms with Crippen molar-refractivity contribution >= 4 is 0 Å². The van der Waals surface area contributed by atoms with Crippen LogP contribution in [0.3, 0.4) is 0 Å². The number of allylic oxidation sites excluding steroid dienone is 2. The fourth-order valence-corrected chi connectivity index (χ4v) is 0.197. The molecule has 0 aromatic carbocycles. The van der Waals surface area contributed by atoms with Crippen molar-refractivity contribution in [1.29, 1.82) is 0 Å². The lowest BCUT2D eigenvalue weighted by Crippen LogP contribution is -1.76. The van der Waals surface area contributed by atoms with E-state index in [4.69, 9.17) is 0 Å². The molecule has 0 atom stereocenters. The Morgan fingerprint density at radius 1 is 1.22 bits per heavy atom. The summed E-state index contributed by atoms with van der Waals surface area (Å²) < 4.78 is 45.3. The lowest BCUT2D eigenvalue weighted by Gasteiger charge is -1.88. The van der Waals surface area contributed by atoms with Crippen LogP contribution in [0.25, 0.3) is 0 Å². The molecule has 0 nitrogen and oxygen atoms in total. The standard InChI is InChI=1S/C5H4F4/c1-3(2-6)4(7)5(8)9/h2H,1H3/b3-2-. The van der Waals surface area contributed by atoms with Crippen molar-refractivity contribution in [3.63, 3.8) is 0 Å². The normalized spacial score (nSPS) is 11.4. The minimum Gasteiger partial charge on any atom is -0.215 e. The van der Waals surface area contributed by atoms with E-state index >= 15 is 0 Å². The molecule has 0 saturated heterocycles. The van der Waals surface area contributed by atoms with Gasteiger partial charge >= 0.3 is 6.08 Å². The summed E-state index contributed by atoms with van der Waals surface area (Å²) in [7, 11) is 0. The molecule has 0 aliphatic rings. The Kier molecular flexibility index (Phi) is 2.98. The SMILES string of the molecule is C/C(=C/F)C(F)=C(F)F. The smallest absolute Gasteiger partial charge is 0.215 e. The second-order valence-corrected chi connectivity index (χ2v) is 1.37. The molecule has 0 saturated carbocycles. The Labute approximate surface area is 49.5 Å². The van der Waals surface area contributed by atoms with Crippen molar-refractivity contribution in [2.75, 3.05) is 0 Å². The highest BCUT2D eigenvalue weighted by atomic mass is 19.3. The van der Waals surface area contributed by atoms with Gasteiger partial charge in [0.05, 0.1) is 6.33 Å². The topological polar surface area (TPSA) is 0 Å². The second kappa shape index (κ2) is 3.27. The number of hydrogen-bond acceptors (Lipinski definition) is 0. The van der Waals surface area contributed by atoms with E-state index in [-0.39, 0.29) is 6.33 Å². The molecule has 0 aromatic rings. The van der Waals surface area contributed by atoms with Gasteiger partial charge in [0.1, 0.15) is 0 Å². The van der Waals surface area contributed by atoms with Crippen molar-refractivity contribution in [2.24, 2.45) is 0 Å². The molecule has 4 heteroatoms. The molecule has 0 heterocycles. The van der Waals surface area contributed by atoms with Crippen LogP contribution in [0.4, 0.5) is 17.6 Å². The molecule has 0 fully saturated rings. The van der Waals surface area contributed by atoms with Gasteiger partial charge in [0.2, 0.25) is 0 Å². The van der Waals surface area contributed by atoms with E-state index in [9.17, 15) is 17.6 Å². The highest BCUT2D eigenvalue weighted by molar-refractivity contribution is 5.20. The van der Waals surface area contributed by atoms with Gasteiger partial charge in [0, 0.05) is 5.57 Å². The largest absolute Gasteiger partial charge is 0.306 e. The van der Waals surface area contributed by atoms with Gasteiger partial charge < -0.3 is 0 Å². The first-order valence-corrected chi connectivity index (χ1v) is 2.07. The summed E-state index contributed by atoms with van der Waals surface area (Å²) in [5.41, 5.74) is -0.699. The summed E-state index contributed by atoms with van der Waals surface area (Å²) in [6, 6.07) is 0. The Hall–Kier alpha value is -0.800. The summed E-state index contributed by atoms with van der Waals surface area (Å²) in [6.45, 7) is 0.911. The predicted octanol–water partition coefficient (Wildman–Crippen LogP) is 2.94. The summed E-state index contributed by atoms with van der Waals surface area (Å²) >= 11 is 0. The van der Waals surface area contributed by atoms with Crippen LogP contribution in [-0.2, 0) is 0 Å². The molecular formula is C5H4F4. The average molecular weight is 140 g/mol. The molecule has 0 bridgehead atoms. The maximum Gasteiger partial charge on any atom is 0.306 e. The first-order valence-electron chi connectivity index (χ1n) is 2.07. The van der Waals surface area contributed by atoms with E-state index in [0.717, 1.165) is 6.92 Å². The first-order chi connectivity index (χ1) is 4.09. The molecule has 0 aliphatic carbocycles. The van der Waals surface area contributed by atoms with E-state index in [2.05, 4.69) is 0 Å². The zero-order chi connectivity index (χ0) is 7.44. The summed E-state index contributed by atoms with van der Waals surface area (Å²) in [5, 5.41) is 0. The van der Waals surface area contributed by atoms with Crippen molar-refractivity contribution in [1.82, 2.24) is 0 Å². The highest BCUT2D eigenvalue weighted by Gasteiger charge is 2.05.